The van der Waals surface area contributed by atoms with E-state index in [1.54, 1.807) is 38.6 Å². The van der Waals surface area contributed by atoms with Crippen molar-refractivity contribution in [2.75, 3.05) is 7.11 Å². The molecule has 82 valence electrons. The van der Waals surface area contributed by atoms with Gasteiger partial charge in [0.2, 0.25) is 0 Å². The summed E-state index contributed by atoms with van der Waals surface area (Å²) < 4.78 is 5.06. The number of methoxy groups -OCH3 is 1. The summed E-state index contributed by atoms with van der Waals surface area (Å²) in [6.07, 6.45) is 6.47. The molecule has 0 aliphatic carbocycles. The fourth-order valence-corrected chi connectivity index (χ4v) is 1.35. The fraction of sp³-hybridized carbons (Fsp3) is 0.417. The highest BCUT2D eigenvalue weighted by Crippen LogP contribution is 2.27. The summed E-state index contributed by atoms with van der Waals surface area (Å²) in [6, 6.07) is 1.80. The van der Waals surface area contributed by atoms with E-state index in [9.17, 15) is 5.11 Å². The van der Waals surface area contributed by atoms with Gasteiger partial charge >= 0.3 is 0 Å². The fourth-order valence-electron chi connectivity index (χ4n) is 1.35. The maximum atomic E-state index is 10.2. The molecule has 0 aromatic carbocycles. The Morgan fingerprint density at radius 2 is 2.33 bits per heavy atom. The minimum atomic E-state index is -0.879. The standard InChI is InChI=1S/C12H17NO2/c1-4-5-6-12(2,14)10-7-11(15-3)9-13-8-10/h4,7-9,14H,1,5-6H2,2-3H3. The summed E-state index contributed by atoms with van der Waals surface area (Å²) in [5.74, 6) is 0.659. The molecule has 1 heterocycles. The van der Waals surface area contributed by atoms with E-state index < -0.39 is 5.60 Å². The highest BCUT2D eigenvalue weighted by Gasteiger charge is 2.22. The third-order valence-electron chi connectivity index (χ3n) is 2.41. The topological polar surface area (TPSA) is 42.4 Å². The second kappa shape index (κ2) is 4.94. The van der Waals surface area contributed by atoms with Crippen LogP contribution in [0.1, 0.15) is 25.3 Å². The molecular formula is C12H17NO2. The maximum Gasteiger partial charge on any atom is 0.137 e. The summed E-state index contributed by atoms with van der Waals surface area (Å²) >= 11 is 0. The number of aromatic nitrogens is 1. The average molecular weight is 207 g/mol. The lowest BCUT2D eigenvalue weighted by molar-refractivity contribution is 0.0482. The summed E-state index contributed by atoms with van der Waals surface area (Å²) in [5, 5.41) is 10.2. The van der Waals surface area contributed by atoms with Crippen molar-refractivity contribution in [3.63, 3.8) is 0 Å². The zero-order chi connectivity index (χ0) is 11.3. The van der Waals surface area contributed by atoms with E-state index >= 15 is 0 Å². The second-order valence-electron chi connectivity index (χ2n) is 3.71. The number of pyridine rings is 1. The van der Waals surface area contributed by atoms with Crippen molar-refractivity contribution >= 4 is 0 Å². The molecule has 0 aliphatic heterocycles. The van der Waals surface area contributed by atoms with Crippen molar-refractivity contribution in [2.24, 2.45) is 0 Å². The molecule has 0 amide bonds. The Morgan fingerprint density at radius 1 is 1.60 bits per heavy atom. The van der Waals surface area contributed by atoms with Crippen LogP contribution in [-0.4, -0.2) is 17.2 Å². The Kier molecular flexibility index (Phi) is 3.86. The number of allylic oxidation sites excluding steroid dienone is 1. The van der Waals surface area contributed by atoms with Crippen LogP contribution in [-0.2, 0) is 5.60 Å². The molecule has 0 saturated carbocycles. The molecule has 3 nitrogen and oxygen atoms in total. The molecule has 1 rings (SSSR count). The first-order chi connectivity index (χ1) is 7.10. The molecule has 0 spiro atoms. The smallest absolute Gasteiger partial charge is 0.137 e. The second-order valence-corrected chi connectivity index (χ2v) is 3.71. The van der Waals surface area contributed by atoms with E-state index in [1.807, 2.05) is 0 Å². The molecule has 0 aliphatic rings. The molecule has 15 heavy (non-hydrogen) atoms. The van der Waals surface area contributed by atoms with Crippen LogP contribution >= 0.6 is 0 Å². The van der Waals surface area contributed by atoms with Crippen LogP contribution in [0.25, 0.3) is 0 Å². The van der Waals surface area contributed by atoms with Crippen molar-refractivity contribution in [3.05, 3.63) is 36.7 Å². The first-order valence-electron chi connectivity index (χ1n) is 4.93. The zero-order valence-electron chi connectivity index (χ0n) is 9.23. The molecular weight excluding hydrogens is 190 g/mol. The molecule has 1 aromatic rings. The highest BCUT2D eigenvalue weighted by molar-refractivity contribution is 5.27. The van der Waals surface area contributed by atoms with Crippen molar-refractivity contribution in [2.45, 2.75) is 25.4 Å². The van der Waals surface area contributed by atoms with E-state index in [0.717, 1.165) is 12.0 Å². The molecule has 0 bridgehead atoms. The molecule has 0 fully saturated rings. The van der Waals surface area contributed by atoms with Gasteiger partial charge in [-0.1, -0.05) is 6.08 Å². The van der Waals surface area contributed by atoms with Crippen molar-refractivity contribution in [1.82, 2.24) is 4.98 Å². The maximum absolute atomic E-state index is 10.2. The lowest BCUT2D eigenvalue weighted by Gasteiger charge is -2.23. The van der Waals surface area contributed by atoms with Gasteiger partial charge in [-0.2, -0.15) is 0 Å². The minimum Gasteiger partial charge on any atom is -0.495 e. The Balaban J connectivity index is 2.87. The van der Waals surface area contributed by atoms with Crippen molar-refractivity contribution < 1.29 is 9.84 Å². The van der Waals surface area contributed by atoms with Crippen LogP contribution in [0, 0.1) is 0 Å². The van der Waals surface area contributed by atoms with Crippen LogP contribution in [0.15, 0.2) is 31.1 Å². The Hall–Kier alpha value is -1.35. The SMILES string of the molecule is C=CCCC(C)(O)c1cncc(OC)c1. The number of rotatable bonds is 5. The predicted molar refractivity (Wildman–Crippen MR) is 59.8 cm³/mol. The van der Waals surface area contributed by atoms with Gasteiger partial charge in [0, 0.05) is 11.8 Å². The average Bonchev–Trinajstić information content (AvgIpc) is 2.26. The molecule has 1 unspecified atom stereocenters. The molecule has 1 N–H and O–H groups in total. The Labute approximate surface area is 90.4 Å². The first kappa shape index (κ1) is 11.7. The van der Waals surface area contributed by atoms with Gasteiger partial charge in [-0.3, -0.25) is 4.98 Å². The lowest BCUT2D eigenvalue weighted by Crippen LogP contribution is -2.20. The van der Waals surface area contributed by atoms with Gasteiger partial charge in [-0.05, 0) is 25.8 Å². The molecule has 1 aromatic heterocycles. The van der Waals surface area contributed by atoms with Gasteiger partial charge in [-0.25, -0.2) is 0 Å². The third kappa shape index (κ3) is 3.06. The highest BCUT2D eigenvalue weighted by atomic mass is 16.5. The summed E-state index contributed by atoms with van der Waals surface area (Å²) in [7, 11) is 1.58. The summed E-state index contributed by atoms with van der Waals surface area (Å²) in [6.45, 7) is 5.41. The quantitative estimate of drug-likeness (QED) is 0.753. The first-order valence-corrected chi connectivity index (χ1v) is 4.93. The van der Waals surface area contributed by atoms with Crippen LogP contribution in [0.2, 0.25) is 0 Å². The molecule has 3 heteroatoms. The van der Waals surface area contributed by atoms with E-state index in [-0.39, 0.29) is 0 Å². The van der Waals surface area contributed by atoms with Crippen molar-refractivity contribution in [1.29, 1.82) is 0 Å². The van der Waals surface area contributed by atoms with E-state index in [2.05, 4.69) is 11.6 Å². The summed E-state index contributed by atoms with van der Waals surface area (Å²) in [5.41, 5.74) is -0.112. The summed E-state index contributed by atoms with van der Waals surface area (Å²) in [4.78, 5) is 4.02. The third-order valence-corrected chi connectivity index (χ3v) is 2.41. The molecule has 1 atom stereocenters. The van der Waals surface area contributed by atoms with Gasteiger partial charge in [0.25, 0.3) is 0 Å². The molecule has 0 saturated heterocycles. The number of ether oxygens (including phenoxy) is 1. The van der Waals surface area contributed by atoms with Crippen LogP contribution in [0.3, 0.4) is 0 Å². The van der Waals surface area contributed by atoms with Gasteiger partial charge in [0.1, 0.15) is 5.75 Å². The van der Waals surface area contributed by atoms with Crippen LogP contribution < -0.4 is 4.74 Å². The van der Waals surface area contributed by atoms with Crippen LogP contribution in [0.5, 0.6) is 5.75 Å². The van der Waals surface area contributed by atoms with Gasteiger partial charge in [0.15, 0.2) is 0 Å². The number of nitrogens with zero attached hydrogens (tertiary/aromatic N) is 1. The van der Waals surface area contributed by atoms with E-state index in [4.69, 9.17) is 4.74 Å². The molecule has 0 radical (unpaired) electrons. The Morgan fingerprint density at radius 3 is 2.93 bits per heavy atom. The monoisotopic (exact) mass is 207 g/mol. The largest absolute Gasteiger partial charge is 0.495 e. The minimum absolute atomic E-state index is 0.630. The number of hydrogen-bond donors (Lipinski definition) is 1. The normalized spacial score (nSPS) is 14.3. The van der Waals surface area contributed by atoms with E-state index in [1.165, 1.54) is 0 Å². The zero-order valence-corrected chi connectivity index (χ0v) is 9.23. The predicted octanol–water partition coefficient (Wildman–Crippen LogP) is 2.26. The number of aliphatic hydroxyl groups is 1. The number of hydrogen-bond acceptors (Lipinski definition) is 3. The van der Waals surface area contributed by atoms with Crippen LogP contribution in [0.4, 0.5) is 0 Å². The van der Waals surface area contributed by atoms with Gasteiger partial charge in [-0.15, -0.1) is 6.58 Å². The Bertz CT molecular complexity index is 334. The van der Waals surface area contributed by atoms with Crippen molar-refractivity contribution in [3.8, 4) is 5.75 Å². The van der Waals surface area contributed by atoms with E-state index in [0.29, 0.717) is 12.2 Å². The van der Waals surface area contributed by atoms with Gasteiger partial charge in [0.05, 0.1) is 18.9 Å². The lowest BCUT2D eigenvalue weighted by atomic mass is 9.92. The van der Waals surface area contributed by atoms with Gasteiger partial charge < -0.3 is 9.84 Å².